The number of anilines is 1. The molecule has 0 aliphatic rings. The maximum Gasteiger partial charge on any atom is 0.273 e. The van der Waals surface area contributed by atoms with Crippen LogP contribution in [0.1, 0.15) is 5.56 Å². The van der Waals surface area contributed by atoms with Crippen molar-refractivity contribution in [2.24, 2.45) is 0 Å². The molecular formula is C18H17N3O2S. The molecule has 0 fully saturated rings. The van der Waals surface area contributed by atoms with Crippen LogP contribution in [0.3, 0.4) is 0 Å². The van der Waals surface area contributed by atoms with E-state index in [0.29, 0.717) is 11.6 Å². The molecule has 2 aromatic carbocycles. The quantitative estimate of drug-likeness (QED) is 0.725. The third-order valence-corrected chi connectivity index (χ3v) is 4.36. The molecule has 1 aromatic heterocycles. The number of aromatic nitrogens is 2. The molecule has 0 spiro atoms. The molecule has 1 heterocycles. The minimum atomic E-state index is -0.214. The molecule has 3 rings (SSSR count). The second kappa shape index (κ2) is 7.70. The van der Waals surface area contributed by atoms with Crippen LogP contribution in [0.5, 0.6) is 0 Å². The number of thioether (sulfide) groups is 1. The molecule has 0 atom stereocenters. The zero-order chi connectivity index (χ0) is 16.8. The van der Waals surface area contributed by atoms with Gasteiger partial charge in [-0.15, -0.1) is 11.8 Å². The lowest BCUT2D eigenvalue weighted by atomic mass is 10.2. The van der Waals surface area contributed by atoms with Crippen LogP contribution in [0.15, 0.2) is 71.5 Å². The van der Waals surface area contributed by atoms with Crippen LogP contribution in [0.4, 0.5) is 5.82 Å². The number of nitrogens with zero attached hydrogens (tertiary/aromatic N) is 1. The SMILES string of the molecule is O=C(CSCc1ccccc1)Nc1cc(=O)n(-c2ccccc2)[nH]1. The standard InChI is InChI=1S/C18H17N3O2S/c22-17(13-24-12-14-7-3-1-4-8-14)19-16-11-18(23)21(20-16)15-9-5-2-6-10-15/h1-11,20H,12-13H2,(H,19,22). The lowest BCUT2D eigenvalue weighted by molar-refractivity contribution is -0.113. The number of hydrogen-bond donors (Lipinski definition) is 2. The molecule has 3 aromatic rings. The van der Waals surface area contributed by atoms with Gasteiger partial charge in [-0.05, 0) is 17.7 Å². The molecule has 5 nitrogen and oxygen atoms in total. The Labute approximate surface area is 143 Å². The molecule has 2 N–H and O–H groups in total. The van der Waals surface area contributed by atoms with E-state index in [1.165, 1.54) is 28.1 Å². The monoisotopic (exact) mass is 339 g/mol. The van der Waals surface area contributed by atoms with Gasteiger partial charge in [0.05, 0.1) is 11.4 Å². The Morgan fingerprint density at radius 3 is 2.42 bits per heavy atom. The predicted molar refractivity (Wildman–Crippen MR) is 97.6 cm³/mol. The van der Waals surface area contributed by atoms with E-state index in [2.05, 4.69) is 10.4 Å². The van der Waals surface area contributed by atoms with E-state index in [4.69, 9.17) is 0 Å². The van der Waals surface area contributed by atoms with Gasteiger partial charge in [0, 0.05) is 11.8 Å². The van der Waals surface area contributed by atoms with Gasteiger partial charge >= 0.3 is 0 Å². The van der Waals surface area contributed by atoms with Crippen LogP contribution in [-0.4, -0.2) is 21.4 Å². The second-order valence-corrected chi connectivity index (χ2v) is 6.19. The molecule has 0 aliphatic heterocycles. The number of amides is 1. The molecule has 1 amide bonds. The molecular weight excluding hydrogens is 322 g/mol. The summed E-state index contributed by atoms with van der Waals surface area (Å²) in [5.41, 5.74) is 1.69. The fourth-order valence-corrected chi connectivity index (χ4v) is 3.04. The molecule has 24 heavy (non-hydrogen) atoms. The Balaban J connectivity index is 1.56. The number of carbonyl (C=O) groups excluding carboxylic acids is 1. The lowest BCUT2D eigenvalue weighted by Gasteiger charge is -2.04. The van der Waals surface area contributed by atoms with Crippen molar-refractivity contribution in [3.8, 4) is 5.69 Å². The third kappa shape index (κ3) is 4.17. The number of aromatic amines is 1. The van der Waals surface area contributed by atoms with E-state index in [-0.39, 0.29) is 11.5 Å². The van der Waals surface area contributed by atoms with Crippen molar-refractivity contribution in [2.75, 3.05) is 11.1 Å². The molecule has 0 saturated heterocycles. The highest BCUT2D eigenvalue weighted by molar-refractivity contribution is 7.99. The summed E-state index contributed by atoms with van der Waals surface area (Å²) in [4.78, 5) is 24.0. The van der Waals surface area contributed by atoms with Gasteiger partial charge in [-0.25, -0.2) is 4.68 Å². The number of nitrogens with one attached hydrogen (secondary N) is 2. The third-order valence-electron chi connectivity index (χ3n) is 3.35. The van der Waals surface area contributed by atoms with Crippen molar-refractivity contribution in [3.05, 3.63) is 82.6 Å². The van der Waals surface area contributed by atoms with Crippen molar-refractivity contribution in [1.82, 2.24) is 9.78 Å². The topological polar surface area (TPSA) is 66.9 Å². The maximum absolute atomic E-state index is 12.0. The Bertz CT molecular complexity index is 857. The van der Waals surface area contributed by atoms with Crippen LogP contribution >= 0.6 is 11.8 Å². The zero-order valence-corrected chi connectivity index (χ0v) is 13.8. The zero-order valence-electron chi connectivity index (χ0n) is 12.9. The summed E-state index contributed by atoms with van der Waals surface area (Å²) in [6.45, 7) is 0. The van der Waals surface area contributed by atoms with Gasteiger partial charge in [-0.1, -0.05) is 48.5 Å². The average molecular weight is 339 g/mol. The van der Waals surface area contributed by atoms with Crippen molar-refractivity contribution < 1.29 is 4.79 Å². The van der Waals surface area contributed by atoms with E-state index < -0.39 is 0 Å². The number of para-hydroxylation sites is 1. The summed E-state index contributed by atoms with van der Waals surface area (Å²) in [5, 5.41) is 5.62. The van der Waals surface area contributed by atoms with E-state index in [1.54, 1.807) is 0 Å². The summed E-state index contributed by atoms with van der Waals surface area (Å²) in [6, 6.07) is 20.6. The van der Waals surface area contributed by atoms with Crippen molar-refractivity contribution >= 4 is 23.5 Å². The van der Waals surface area contributed by atoms with Crippen LogP contribution in [0, 0.1) is 0 Å². The smallest absolute Gasteiger partial charge is 0.273 e. The number of benzene rings is 2. The Hall–Kier alpha value is -2.73. The highest BCUT2D eigenvalue weighted by Gasteiger charge is 2.08. The van der Waals surface area contributed by atoms with Crippen LogP contribution in [-0.2, 0) is 10.5 Å². The van der Waals surface area contributed by atoms with Gasteiger partial charge in [-0.3, -0.25) is 14.7 Å². The molecule has 6 heteroatoms. The normalized spacial score (nSPS) is 10.5. The Morgan fingerprint density at radius 1 is 1.04 bits per heavy atom. The number of carbonyl (C=O) groups is 1. The summed E-state index contributed by atoms with van der Waals surface area (Å²) in [7, 11) is 0. The van der Waals surface area contributed by atoms with Gasteiger partial charge in [0.1, 0.15) is 5.82 Å². The van der Waals surface area contributed by atoms with Crippen LogP contribution in [0.2, 0.25) is 0 Å². The minimum absolute atomic E-state index is 0.141. The molecule has 0 bridgehead atoms. The fourth-order valence-electron chi connectivity index (χ4n) is 2.25. The molecule has 0 saturated carbocycles. The summed E-state index contributed by atoms with van der Waals surface area (Å²) in [5.74, 6) is 1.36. The van der Waals surface area contributed by atoms with E-state index in [0.717, 1.165) is 11.4 Å². The van der Waals surface area contributed by atoms with E-state index in [9.17, 15) is 9.59 Å². The predicted octanol–water partition coefficient (Wildman–Crippen LogP) is 3.04. The largest absolute Gasteiger partial charge is 0.310 e. The first-order valence-corrected chi connectivity index (χ1v) is 8.67. The first-order valence-electron chi connectivity index (χ1n) is 7.51. The average Bonchev–Trinajstić information content (AvgIpc) is 2.97. The maximum atomic E-state index is 12.0. The fraction of sp³-hybridized carbons (Fsp3) is 0.111. The molecule has 0 unspecified atom stereocenters. The van der Waals surface area contributed by atoms with Gasteiger partial charge in [0.15, 0.2) is 0 Å². The van der Waals surface area contributed by atoms with Gasteiger partial charge in [0.2, 0.25) is 5.91 Å². The van der Waals surface area contributed by atoms with Gasteiger partial charge in [-0.2, -0.15) is 0 Å². The van der Waals surface area contributed by atoms with E-state index in [1.807, 2.05) is 60.7 Å². The van der Waals surface area contributed by atoms with Crippen LogP contribution < -0.4 is 10.9 Å². The van der Waals surface area contributed by atoms with Crippen molar-refractivity contribution in [2.45, 2.75) is 5.75 Å². The number of rotatable bonds is 6. The first-order chi connectivity index (χ1) is 11.7. The van der Waals surface area contributed by atoms with E-state index >= 15 is 0 Å². The minimum Gasteiger partial charge on any atom is -0.310 e. The first kappa shape index (κ1) is 16.1. The molecule has 0 aliphatic carbocycles. The highest BCUT2D eigenvalue weighted by atomic mass is 32.2. The van der Waals surface area contributed by atoms with Crippen LogP contribution in [0.25, 0.3) is 5.69 Å². The van der Waals surface area contributed by atoms with Crippen molar-refractivity contribution in [3.63, 3.8) is 0 Å². The molecule has 0 radical (unpaired) electrons. The molecule has 122 valence electrons. The van der Waals surface area contributed by atoms with Gasteiger partial charge in [0.25, 0.3) is 5.56 Å². The summed E-state index contributed by atoms with van der Waals surface area (Å²) >= 11 is 1.53. The number of H-pyrrole nitrogens is 1. The summed E-state index contributed by atoms with van der Waals surface area (Å²) < 4.78 is 1.40. The highest BCUT2D eigenvalue weighted by Crippen LogP contribution is 2.12. The van der Waals surface area contributed by atoms with Gasteiger partial charge < -0.3 is 5.32 Å². The number of hydrogen-bond acceptors (Lipinski definition) is 3. The lowest BCUT2D eigenvalue weighted by Crippen LogP contribution is -2.15. The summed E-state index contributed by atoms with van der Waals surface area (Å²) in [6.07, 6.45) is 0. The Morgan fingerprint density at radius 2 is 1.71 bits per heavy atom. The Kier molecular flexibility index (Phi) is 5.18. The second-order valence-electron chi connectivity index (χ2n) is 5.21. The van der Waals surface area contributed by atoms with Crippen molar-refractivity contribution in [1.29, 1.82) is 0 Å².